The van der Waals surface area contributed by atoms with E-state index in [-0.39, 0.29) is 0 Å². The summed E-state index contributed by atoms with van der Waals surface area (Å²) in [6, 6.07) is 9.50. The Labute approximate surface area is 127 Å². The highest BCUT2D eigenvalue weighted by molar-refractivity contribution is 6.29. The molecule has 0 bridgehead atoms. The first-order valence-electron chi connectivity index (χ1n) is 6.68. The van der Waals surface area contributed by atoms with E-state index >= 15 is 0 Å². The van der Waals surface area contributed by atoms with Crippen molar-refractivity contribution in [1.82, 2.24) is 14.6 Å². The minimum absolute atomic E-state index is 0.414. The zero-order chi connectivity index (χ0) is 14.8. The first-order chi connectivity index (χ1) is 10.2. The molecule has 0 fully saturated rings. The molecule has 2 heterocycles. The molecule has 1 N–H and O–H groups in total. The van der Waals surface area contributed by atoms with Crippen LogP contribution in [0, 0.1) is 6.92 Å². The second kappa shape index (κ2) is 5.61. The van der Waals surface area contributed by atoms with Crippen LogP contribution in [0.5, 0.6) is 5.75 Å². The lowest BCUT2D eigenvalue weighted by atomic mass is 10.3. The largest absolute Gasteiger partial charge is 0.494 e. The van der Waals surface area contributed by atoms with Gasteiger partial charge in [-0.05, 0) is 38.1 Å². The number of anilines is 2. The van der Waals surface area contributed by atoms with E-state index in [4.69, 9.17) is 16.3 Å². The molecule has 0 aliphatic heterocycles. The molecule has 0 radical (unpaired) electrons. The van der Waals surface area contributed by atoms with Crippen molar-refractivity contribution in [2.45, 2.75) is 13.8 Å². The van der Waals surface area contributed by atoms with Gasteiger partial charge in [0.25, 0.3) is 0 Å². The third-order valence-corrected chi connectivity index (χ3v) is 3.24. The highest BCUT2D eigenvalue weighted by Gasteiger charge is 2.09. The van der Waals surface area contributed by atoms with Crippen molar-refractivity contribution in [3.8, 4) is 5.75 Å². The number of benzene rings is 1. The molecule has 1 aromatic carbocycles. The number of aryl methyl sites for hydroxylation is 1. The Morgan fingerprint density at radius 1 is 1.29 bits per heavy atom. The molecule has 6 heteroatoms. The molecule has 5 nitrogen and oxygen atoms in total. The monoisotopic (exact) mass is 302 g/mol. The summed E-state index contributed by atoms with van der Waals surface area (Å²) >= 11 is 6.07. The van der Waals surface area contributed by atoms with Gasteiger partial charge in [-0.25, -0.2) is 9.50 Å². The minimum atomic E-state index is 0.414. The number of aromatic nitrogens is 3. The maximum absolute atomic E-state index is 6.07. The molecule has 0 saturated carbocycles. The molecular weight excluding hydrogens is 288 g/mol. The Hall–Kier alpha value is -2.27. The normalized spacial score (nSPS) is 10.8. The van der Waals surface area contributed by atoms with Crippen molar-refractivity contribution in [2.75, 3.05) is 11.9 Å². The maximum Gasteiger partial charge on any atom is 0.177 e. The van der Waals surface area contributed by atoms with Crippen molar-refractivity contribution in [1.29, 1.82) is 0 Å². The van der Waals surface area contributed by atoms with Crippen LogP contribution in [0.1, 0.15) is 12.6 Å². The molecule has 0 unspecified atom stereocenters. The Kier molecular flexibility index (Phi) is 3.66. The van der Waals surface area contributed by atoms with E-state index in [2.05, 4.69) is 15.4 Å². The van der Waals surface area contributed by atoms with Gasteiger partial charge in [0.1, 0.15) is 5.75 Å². The van der Waals surface area contributed by atoms with Crippen molar-refractivity contribution in [2.24, 2.45) is 0 Å². The number of ether oxygens (including phenoxy) is 1. The molecule has 0 atom stereocenters. The van der Waals surface area contributed by atoms with Crippen LogP contribution in [0.3, 0.4) is 0 Å². The summed E-state index contributed by atoms with van der Waals surface area (Å²) in [7, 11) is 0. The van der Waals surface area contributed by atoms with Crippen LogP contribution < -0.4 is 10.1 Å². The minimum Gasteiger partial charge on any atom is -0.494 e. The lowest BCUT2D eigenvalue weighted by Gasteiger charge is -2.09. The summed E-state index contributed by atoms with van der Waals surface area (Å²) in [4.78, 5) is 4.36. The Balaban J connectivity index is 1.94. The Bertz CT molecular complexity index is 767. The molecule has 2 aromatic heterocycles. The average molecular weight is 303 g/mol. The van der Waals surface area contributed by atoms with Gasteiger partial charge in [0.2, 0.25) is 0 Å². The molecule has 3 aromatic rings. The molecule has 0 saturated heterocycles. The number of nitrogens with zero attached hydrogens (tertiary/aromatic N) is 3. The first-order valence-corrected chi connectivity index (χ1v) is 7.06. The van der Waals surface area contributed by atoms with Crippen LogP contribution in [0.4, 0.5) is 11.4 Å². The average Bonchev–Trinajstić information content (AvgIpc) is 2.83. The number of rotatable bonds is 4. The summed E-state index contributed by atoms with van der Waals surface area (Å²) in [5.74, 6) is 0.845. The van der Waals surface area contributed by atoms with Gasteiger partial charge in [-0.15, -0.1) is 0 Å². The molecule has 0 aliphatic carbocycles. The van der Waals surface area contributed by atoms with E-state index in [1.54, 1.807) is 16.8 Å². The van der Waals surface area contributed by atoms with Gasteiger partial charge < -0.3 is 10.1 Å². The molecule has 108 valence electrons. The standard InChI is InChI=1S/C15H15ClN4O/c1-3-21-12-6-4-11(5-7-12)18-13-8-14(16)19-20-10(2)9-17-15(13)20/h4-9,18H,3H2,1-2H3. The molecule has 3 rings (SSSR count). The quantitative estimate of drug-likeness (QED) is 0.795. The summed E-state index contributed by atoms with van der Waals surface area (Å²) in [6.45, 7) is 4.55. The fourth-order valence-corrected chi connectivity index (χ4v) is 2.28. The fraction of sp³-hybridized carbons (Fsp3) is 0.200. The van der Waals surface area contributed by atoms with E-state index in [1.807, 2.05) is 38.1 Å². The number of nitrogens with one attached hydrogen (secondary N) is 1. The SMILES string of the molecule is CCOc1ccc(Nc2cc(Cl)nn3c(C)cnc23)cc1. The second-order valence-corrected chi connectivity index (χ2v) is 4.99. The molecule has 0 amide bonds. The highest BCUT2D eigenvalue weighted by atomic mass is 35.5. The van der Waals surface area contributed by atoms with Crippen molar-refractivity contribution < 1.29 is 4.74 Å². The van der Waals surface area contributed by atoms with E-state index in [1.165, 1.54) is 0 Å². The van der Waals surface area contributed by atoms with Gasteiger partial charge in [0.05, 0.1) is 24.2 Å². The summed E-state index contributed by atoms with van der Waals surface area (Å²) in [6.07, 6.45) is 1.77. The van der Waals surface area contributed by atoms with E-state index in [0.717, 1.165) is 28.5 Å². The van der Waals surface area contributed by atoms with E-state index in [0.29, 0.717) is 11.8 Å². The third kappa shape index (κ3) is 2.78. The van der Waals surface area contributed by atoms with Gasteiger partial charge in [-0.2, -0.15) is 5.10 Å². The van der Waals surface area contributed by atoms with Crippen LogP contribution in [0.25, 0.3) is 5.65 Å². The third-order valence-electron chi connectivity index (χ3n) is 3.05. The number of imidazole rings is 1. The van der Waals surface area contributed by atoms with Crippen molar-refractivity contribution in [3.05, 3.63) is 47.4 Å². The lowest BCUT2D eigenvalue weighted by molar-refractivity contribution is 0.340. The smallest absolute Gasteiger partial charge is 0.177 e. The van der Waals surface area contributed by atoms with Gasteiger partial charge >= 0.3 is 0 Å². The summed E-state index contributed by atoms with van der Waals surface area (Å²) < 4.78 is 7.15. The zero-order valence-electron chi connectivity index (χ0n) is 11.8. The van der Waals surface area contributed by atoms with Crippen LogP contribution >= 0.6 is 11.6 Å². The van der Waals surface area contributed by atoms with Crippen molar-refractivity contribution in [3.63, 3.8) is 0 Å². The van der Waals surface area contributed by atoms with Gasteiger partial charge in [-0.3, -0.25) is 0 Å². The van der Waals surface area contributed by atoms with Gasteiger partial charge in [-0.1, -0.05) is 11.6 Å². The van der Waals surface area contributed by atoms with Crippen molar-refractivity contribution >= 4 is 28.6 Å². The van der Waals surface area contributed by atoms with E-state index in [9.17, 15) is 0 Å². The van der Waals surface area contributed by atoms with Crippen LogP contribution in [0.2, 0.25) is 5.15 Å². The number of fused-ring (bicyclic) bond motifs is 1. The van der Waals surface area contributed by atoms with Gasteiger partial charge in [0, 0.05) is 11.8 Å². The number of hydrogen-bond acceptors (Lipinski definition) is 4. The van der Waals surface area contributed by atoms with Gasteiger partial charge in [0.15, 0.2) is 10.8 Å². The Morgan fingerprint density at radius 2 is 2.05 bits per heavy atom. The van der Waals surface area contributed by atoms with Crippen LogP contribution in [-0.4, -0.2) is 21.2 Å². The number of halogens is 1. The van der Waals surface area contributed by atoms with E-state index < -0.39 is 0 Å². The fourth-order valence-electron chi connectivity index (χ4n) is 2.10. The van der Waals surface area contributed by atoms with Crippen LogP contribution in [-0.2, 0) is 0 Å². The first kappa shape index (κ1) is 13.7. The maximum atomic E-state index is 6.07. The molecular formula is C15H15ClN4O. The second-order valence-electron chi connectivity index (χ2n) is 4.60. The lowest BCUT2D eigenvalue weighted by Crippen LogP contribution is -2.00. The Morgan fingerprint density at radius 3 is 2.76 bits per heavy atom. The zero-order valence-corrected chi connectivity index (χ0v) is 12.6. The summed E-state index contributed by atoms with van der Waals surface area (Å²) in [5.41, 5.74) is 3.42. The predicted octanol–water partition coefficient (Wildman–Crippen LogP) is 3.83. The molecule has 0 aliphatic rings. The molecule has 21 heavy (non-hydrogen) atoms. The number of hydrogen-bond donors (Lipinski definition) is 1. The summed E-state index contributed by atoms with van der Waals surface area (Å²) in [5, 5.41) is 7.96. The topological polar surface area (TPSA) is 51.5 Å². The van der Waals surface area contributed by atoms with Crippen LogP contribution in [0.15, 0.2) is 36.5 Å². The molecule has 0 spiro atoms. The highest BCUT2D eigenvalue weighted by Crippen LogP contribution is 2.25. The predicted molar refractivity (Wildman–Crippen MR) is 83.6 cm³/mol.